The molecule has 1 aliphatic carbocycles. The third-order valence-electron chi connectivity index (χ3n) is 6.75. The molecule has 2 heterocycles. The van der Waals surface area contributed by atoms with Crippen LogP contribution in [-0.2, 0) is 19.1 Å². The Balaban J connectivity index is 1.71. The zero-order valence-corrected chi connectivity index (χ0v) is 17.4. The highest BCUT2D eigenvalue weighted by Crippen LogP contribution is 2.41. The number of likely N-dealkylation sites (tertiary alicyclic amines) is 1. The lowest BCUT2D eigenvalue weighted by atomic mass is 9.74. The lowest BCUT2D eigenvalue weighted by molar-refractivity contribution is -0.139. The van der Waals surface area contributed by atoms with Crippen molar-refractivity contribution in [3.05, 3.63) is 35.4 Å². The van der Waals surface area contributed by atoms with Crippen molar-refractivity contribution in [3.8, 4) is 0 Å². The Labute approximate surface area is 176 Å². The van der Waals surface area contributed by atoms with E-state index in [-0.39, 0.29) is 30.3 Å². The number of ether oxygens (including phenoxy) is 2. The highest BCUT2D eigenvalue weighted by molar-refractivity contribution is 5.99. The smallest absolute Gasteiger partial charge is 0.249 e. The van der Waals surface area contributed by atoms with Crippen molar-refractivity contribution in [3.63, 3.8) is 0 Å². The number of nitrogens with two attached hydrogens (primary N) is 1. The molecule has 0 unspecified atom stereocenters. The maximum Gasteiger partial charge on any atom is 0.249 e. The van der Waals surface area contributed by atoms with E-state index in [1.54, 1.807) is 17.0 Å². The summed E-state index contributed by atoms with van der Waals surface area (Å²) in [5, 5.41) is 0. The summed E-state index contributed by atoms with van der Waals surface area (Å²) in [7, 11) is 0. The van der Waals surface area contributed by atoms with Crippen molar-refractivity contribution in [2.45, 2.75) is 63.2 Å². The number of fused-ring (bicyclic) bond motifs is 1. The number of Topliss-reactive ketones (excluding diaryl/α,β-unsaturated/α-hetero) is 1. The monoisotopic (exact) mass is 414 g/mol. The van der Waals surface area contributed by atoms with Gasteiger partial charge in [0.2, 0.25) is 11.8 Å². The fraction of sp³-hybridized carbons (Fsp3) is 0.609. The minimum atomic E-state index is -0.610. The quantitative estimate of drug-likeness (QED) is 0.768. The molecule has 0 aromatic heterocycles. The number of hydrogen-bond donors (Lipinski definition) is 1. The molecule has 4 rings (SSSR count). The summed E-state index contributed by atoms with van der Waals surface area (Å²) >= 11 is 0. The van der Waals surface area contributed by atoms with Gasteiger partial charge in [0.1, 0.15) is 24.9 Å². The summed E-state index contributed by atoms with van der Waals surface area (Å²) in [6, 6.07) is 6.50. The van der Waals surface area contributed by atoms with Gasteiger partial charge in [-0.2, -0.15) is 0 Å². The van der Waals surface area contributed by atoms with E-state index >= 15 is 0 Å². The maximum atomic E-state index is 14.0. The molecule has 162 valence electrons. The number of rotatable bonds is 6. The Morgan fingerprint density at radius 1 is 1.23 bits per heavy atom. The van der Waals surface area contributed by atoms with Crippen LogP contribution in [0.2, 0.25) is 0 Å². The molecule has 0 spiro atoms. The predicted octanol–water partition coefficient (Wildman–Crippen LogP) is 2.03. The number of hydrogen-bond acceptors (Lipinski definition) is 5. The van der Waals surface area contributed by atoms with Gasteiger partial charge in [-0.05, 0) is 37.3 Å². The highest BCUT2D eigenvalue weighted by atomic mass is 16.6. The van der Waals surface area contributed by atoms with Gasteiger partial charge in [0, 0.05) is 12.2 Å². The zero-order valence-electron chi connectivity index (χ0n) is 17.4. The average molecular weight is 415 g/mol. The third kappa shape index (κ3) is 3.76. The molecule has 7 nitrogen and oxygen atoms in total. The molecule has 30 heavy (non-hydrogen) atoms. The molecule has 2 aliphatic heterocycles. The Hall–Kier alpha value is -2.25. The second-order valence-corrected chi connectivity index (χ2v) is 8.50. The van der Waals surface area contributed by atoms with Crippen molar-refractivity contribution >= 4 is 17.6 Å². The van der Waals surface area contributed by atoms with E-state index in [1.165, 1.54) is 0 Å². The number of ketones is 1. The maximum absolute atomic E-state index is 14.0. The molecular formula is C23H30N2O5. The summed E-state index contributed by atoms with van der Waals surface area (Å²) < 4.78 is 11.5. The van der Waals surface area contributed by atoms with Crippen LogP contribution in [0.25, 0.3) is 0 Å². The van der Waals surface area contributed by atoms with Crippen molar-refractivity contribution in [2.75, 3.05) is 19.8 Å². The van der Waals surface area contributed by atoms with Crippen LogP contribution in [0.1, 0.15) is 60.9 Å². The topological polar surface area (TPSA) is 98.9 Å². The molecular weight excluding hydrogens is 384 g/mol. The van der Waals surface area contributed by atoms with Crippen LogP contribution in [0.5, 0.6) is 0 Å². The van der Waals surface area contributed by atoms with E-state index in [0.29, 0.717) is 24.3 Å². The number of benzene rings is 1. The number of primary amides is 1. The summed E-state index contributed by atoms with van der Waals surface area (Å²) in [4.78, 5) is 40.3. The Morgan fingerprint density at radius 3 is 2.67 bits per heavy atom. The van der Waals surface area contributed by atoms with Gasteiger partial charge in [0.25, 0.3) is 0 Å². The standard InChI is InChI=1S/C23H30N2O5/c1-2-29-18-12-25(20-17(26)13-30-21(18)20)23(28)19(14-8-4-3-5-9-14)15-10-6-7-11-16(15)22(24)27/h6-7,10-11,14,18-21H,2-5,8-9,12-13H2,1H3,(H2,24,27)/t18-,19-,20+,21+/m0/s1. The minimum Gasteiger partial charge on any atom is -0.374 e. The average Bonchev–Trinajstić information content (AvgIpc) is 3.31. The van der Waals surface area contributed by atoms with E-state index in [0.717, 1.165) is 32.1 Å². The lowest BCUT2D eigenvalue weighted by Crippen LogP contribution is -2.46. The molecule has 2 amide bonds. The van der Waals surface area contributed by atoms with E-state index in [9.17, 15) is 14.4 Å². The summed E-state index contributed by atoms with van der Waals surface area (Å²) in [5.41, 5.74) is 6.70. The fourth-order valence-electron chi connectivity index (χ4n) is 5.43. The molecule has 2 saturated heterocycles. The predicted molar refractivity (Wildman–Crippen MR) is 110 cm³/mol. The molecule has 2 N–H and O–H groups in total. The number of carbonyl (C=O) groups excluding carboxylic acids is 3. The Bertz CT molecular complexity index is 820. The van der Waals surface area contributed by atoms with Crippen LogP contribution < -0.4 is 5.73 Å². The molecule has 1 aromatic carbocycles. The normalized spacial score (nSPS) is 27.8. The first-order chi connectivity index (χ1) is 14.5. The van der Waals surface area contributed by atoms with Crippen LogP contribution in [0, 0.1) is 5.92 Å². The fourth-order valence-corrected chi connectivity index (χ4v) is 5.43. The van der Waals surface area contributed by atoms with Crippen molar-refractivity contribution < 1.29 is 23.9 Å². The first-order valence-electron chi connectivity index (χ1n) is 11.0. The van der Waals surface area contributed by atoms with Gasteiger partial charge >= 0.3 is 0 Å². The first-order valence-corrected chi connectivity index (χ1v) is 11.0. The molecule has 0 bridgehead atoms. The van der Waals surface area contributed by atoms with Gasteiger partial charge in [-0.15, -0.1) is 0 Å². The van der Waals surface area contributed by atoms with Crippen molar-refractivity contribution in [2.24, 2.45) is 11.7 Å². The van der Waals surface area contributed by atoms with Gasteiger partial charge in [-0.3, -0.25) is 14.4 Å². The number of carbonyl (C=O) groups is 3. The summed E-state index contributed by atoms with van der Waals surface area (Å²) in [6.45, 7) is 2.72. The number of amides is 2. The van der Waals surface area contributed by atoms with Gasteiger partial charge < -0.3 is 20.1 Å². The van der Waals surface area contributed by atoms with Crippen LogP contribution in [-0.4, -0.2) is 60.5 Å². The lowest BCUT2D eigenvalue weighted by Gasteiger charge is -2.34. The molecule has 3 aliphatic rings. The Kier molecular flexibility index (Phi) is 6.20. The van der Waals surface area contributed by atoms with Gasteiger partial charge in [0.05, 0.1) is 12.5 Å². The molecule has 3 fully saturated rings. The highest BCUT2D eigenvalue weighted by Gasteiger charge is 2.54. The molecule has 1 aromatic rings. The van der Waals surface area contributed by atoms with Crippen molar-refractivity contribution in [1.29, 1.82) is 0 Å². The van der Waals surface area contributed by atoms with E-state index < -0.39 is 24.0 Å². The van der Waals surface area contributed by atoms with Crippen LogP contribution in [0.4, 0.5) is 0 Å². The van der Waals surface area contributed by atoms with E-state index in [2.05, 4.69) is 0 Å². The van der Waals surface area contributed by atoms with E-state index in [1.807, 2.05) is 19.1 Å². The summed E-state index contributed by atoms with van der Waals surface area (Å²) in [5.74, 6) is -1.11. The minimum absolute atomic E-state index is 0.00859. The largest absolute Gasteiger partial charge is 0.374 e. The van der Waals surface area contributed by atoms with E-state index in [4.69, 9.17) is 15.2 Å². The van der Waals surface area contributed by atoms with Crippen LogP contribution >= 0.6 is 0 Å². The van der Waals surface area contributed by atoms with Crippen LogP contribution in [0.3, 0.4) is 0 Å². The molecule has 0 radical (unpaired) electrons. The SMILES string of the molecule is CCO[C@H]1CN(C(=O)[C@H](c2ccccc2C(N)=O)C2CCCCC2)[C@@H]2C(=O)CO[C@H]12. The van der Waals surface area contributed by atoms with Gasteiger partial charge in [-0.1, -0.05) is 37.5 Å². The molecule has 4 atom stereocenters. The van der Waals surface area contributed by atoms with Crippen LogP contribution in [0.15, 0.2) is 24.3 Å². The second-order valence-electron chi connectivity index (χ2n) is 8.50. The molecule has 1 saturated carbocycles. The molecule has 7 heteroatoms. The summed E-state index contributed by atoms with van der Waals surface area (Å²) in [6.07, 6.45) is 4.39. The van der Waals surface area contributed by atoms with Gasteiger partial charge in [0.15, 0.2) is 5.78 Å². The number of nitrogens with zero attached hydrogens (tertiary/aromatic N) is 1. The first kappa shape index (κ1) is 21.0. The Morgan fingerprint density at radius 2 is 1.97 bits per heavy atom. The van der Waals surface area contributed by atoms with Crippen molar-refractivity contribution in [1.82, 2.24) is 4.90 Å². The third-order valence-corrected chi connectivity index (χ3v) is 6.75. The zero-order chi connectivity index (χ0) is 21.3. The van der Waals surface area contributed by atoms with Gasteiger partial charge in [-0.25, -0.2) is 0 Å². The second kappa shape index (κ2) is 8.86.